The second kappa shape index (κ2) is 10.5. The average molecular weight is 405 g/mol. The maximum atomic E-state index is 11.7. The van der Waals surface area contributed by atoms with E-state index in [1.165, 1.54) is 0 Å². The largest absolute Gasteiger partial charge is 0.494 e. The summed E-state index contributed by atoms with van der Waals surface area (Å²) in [5, 5.41) is 3.92. The van der Waals surface area contributed by atoms with Crippen LogP contribution < -0.4 is 14.9 Å². The number of halogens is 1. The highest BCUT2D eigenvalue weighted by Gasteiger charge is 2.02. The van der Waals surface area contributed by atoms with Crippen LogP contribution in [0.1, 0.15) is 25.3 Å². The topological polar surface area (TPSA) is 59.9 Å². The van der Waals surface area contributed by atoms with Gasteiger partial charge in [0.25, 0.3) is 5.91 Å². The smallest absolute Gasteiger partial charge is 0.277 e. The van der Waals surface area contributed by atoms with E-state index in [0.717, 1.165) is 28.6 Å². The van der Waals surface area contributed by atoms with Gasteiger partial charge in [-0.15, -0.1) is 0 Å². The number of unbranched alkanes of at least 4 members (excludes halogenated alkanes) is 1. The van der Waals surface area contributed by atoms with Crippen LogP contribution in [0, 0.1) is 0 Å². The van der Waals surface area contributed by atoms with Crippen LogP contribution in [0.2, 0.25) is 0 Å². The first-order valence-electron chi connectivity index (χ1n) is 8.11. The van der Waals surface area contributed by atoms with Gasteiger partial charge in [-0.1, -0.05) is 47.5 Å². The van der Waals surface area contributed by atoms with Crippen molar-refractivity contribution in [2.45, 2.75) is 19.8 Å². The number of ether oxygens (including phenoxy) is 2. The Labute approximate surface area is 156 Å². The molecule has 0 aromatic heterocycles. The molecule has 1 N–H and O–H groups in total. The standard InChI is InChI=1S/C19H21BrN2O3/c1-2-3-12-24-16-8-10-17(11-9-16)25-14-19(23)22-21-13-15-6-4-5-7-18(15)20/h4-11,13H,2-3,12,14H2,1H3,(H,22,23). The van der Waals surface area contributed by atoms with Gasteiger partial charge in [-0.3, -0.25) is 4.79 Å². The molecule has 0 saturated heterocycles. The molecule has 0 radical (unpaired) electrons. The lowest BCUT2D eigenvalue weighted by atomic mass is 10.2. The van der Waals surface area contributed by atoms with Gasteiger partial charge in [0.2, 0.25) is 0 Å². The Morgan fingerprint density at radius 3 is 2.48 bits per heavy atom. The molecule has 0 heterocycles. The molecule has 0 unspecified atom stereocenters. The molecular weight excluding hydrogens is 384 g/mol. The van der Waals surface area contributed by atoms with Gasteiger partial charge in [0.05, 0.1) is 12.8 Å². The fourth-order valence-electron chi connectivity index (χ4n) is 1.90. The predicted octanol–water partition coefficient (Wildman–Crippen LogP) is 4.16. The van der Waals surface area contributed by atoms with Crippen LogP contribution in [0.3, 0.4) is 0 Å². The fourth-order valence-corrected chi connectivity index (χ4v) is 2.29. The molecule has 0 fully saturated rings. The van der Waals surface area contributed by atoms with Crippen molar-refractivity contribution in [3.63, 3.8) is 0 Å². The average Bonchev–Trinajstić information content (AvgIpc) is 2.63. The lowest BCUT2D eigenvalue weighted by molar-refractivity contribution is -0.123. The van der Waals surface area contributed by atoms with Crippen molar-refractivity contribution >= 4 is 28.1 Å². The molecule has 0 aliphatic carbocycles. The predicted molar refractivity (Wildman–Crippen MR) is 102 cm³/mol. The summed E-state index contributed by atoms with van der Waals surface area (Å²) in [7, 11) is 0. The van der Waals surface area contributed by atoms with Crippen molar-refractivity contribution in [1.82, 2.24) is 5.43 Å². The van der Waals surface area contributed by atoms with Crippen LogP contribution in [0.4, 0.5) is 0 Å². The van der Waals surface area contributed by atoms with Gasteiger partial charge < -0.3 is 9.47 Å². The van der Waals surface area contributed by atoms with Crippen molar-refractivity contribution in [3.8, 4) is 11.5 Å². The molecule has 2 aromatic rings. The number of hydrogen-bond acceptors (Lipinski definition) is 4. The number of nitrogens with one attached hydrogen (secondary N) is 1. The van der Waals surface area contributed by atoms with Crippen LogP contribution in [-0.2, 0) is 4.79 Å². The van der Waals surface area contributed by atoms with E-state index in [1.54, 1.807) is 18.3 Å². The molecule has 0 saturated carbocycles. The number of hydrogen-bond donors (Lipinski definition) is 1. The summed E-state index contributed by atoms with van der Waals surface area (Å²) in [4.78, 5) is 11.7. The van der Waals surface area contributed by atoms with E-state index in [-0.39, 0.29) is 12.5 Å². The molecule has 2 rings (SSSR count). The molecule has 0 bridgehead atoms. The first kappa shape index (κ1) is 19.0. The van der Waals surface area contributed by atoms with Gasteiger partial charge in [-0.05, 0) is 36.8 Å². The van der Waals surface area contributed by atoms with Crippen molar-refractivity contribution in [2.75, 3.05) is 13.2 Å². The van der Waals surface area contributed by atoms with E-state index in [2.05, 4.69) is 33.4 Å². The number of nitrogens with zero attached hydrogens (tertiary/aromatic N) is 1. The lowest BCUT2D eigenvalue weighted by Gasteiger charge is -2.07. The molecule has 1 amide bonds. The van der Waals surface area contributed by atoms with E-state index < -0.39 is 0 Å². The minimum Gasteiger partial charge on any atom is -0.494 e. The zero-order valence-corrected chi connectivity index (χ0v) is 15.7. The Morgan fingerprint density at radius 1 is 1.12 bits per heavy atom. The first-order chi connectivity index (χ1) is 12.2. The van der Waals surface area contributed by atoms with Gasteiger partial charge in [0.15, 0.2) is 6.61 Å². The number of hydrazone groups is 1. The van der Waals surface area contributed by atoms with Crippen LogP contribution >= 0.6 is 15.9 Å². The SMILES string of the molecule is CCCCOc1ccc(OCC(=O)NN=Cc2ccccc2Br)cc1. The second-order valence-electron chi connectivity index (χ2n) is 5.28. The van der Waals surface area contributed by atoms with Gasteiger partial charge in [0.1, 0.15) is 11.5 Å². The quantitative estimate of drug-likeness (QED) is 0.387. The summed E-state index contributed by atoms with van der Waals surface area (Å²) in [5.74, 6) is 1.07. The summed E-state index contributed by atoms with van der Waals surface area (Å²) < 4.78 is 11.9. The summed E-state index contributed by atoms with van der Waals surface area (Å²) in [6.45, 7) is 2.71. The number of carbonyl (C=O) groups is 1. The number of amides is 1. The maximum absolute atomic E-state index is 11.7. The summed E-state index contributed by atoms with van der Waals surface area (Å²) in [6.07, 6.45) is 3.70. The normalized spacial score (nSPS) is 10.6. The van der Waals surface area contributed by atoms with Crippen LogP contribution in [0.15, 0.2) is 58.1 Å². The molecular formula is C19H21BrN2O3. The highest BCUT2D eigenvalue weighted by atomic mass is 79.9. The Balaban J connectivity index is 1.73. The van der Waals surface area contributed by atoms with Crippen LogP contribution in [0.5, 0.6) is 11.5 Å². The lowest BCUT2D eigenvalue weighted by Crippen LogP contribution is -2.24. The fraction of sp³-hybridized carbons (Fsp3) is 0.263. The Kier molecular flexibility index (Phi) is 7.98. The van der Waals surface area contributed by atoms with Crippen LogP contribution in [-0.4, -0.2) is 25.3 Å². The van der Waals surface area contributed by atoms with E-state index in [0.29, 0.717) is 12.4 Å². The molecule has 6 heteroatoms. The van der Waals surface area contributed by atoms with E-state index in [1.807, 2.05) is 36.4 Å². The second-order valence-corrected chi connectivity index (χ2v) is 6.13. The number of carbonyl (C=O) groups excluding carboxylic acids is 1. The van der Waals surface area contributed by atoms with E-state index >= 15 is 0 Å². The monoisotopic (exact) mass is 404 g/mol. The Morgan fingerprint density at radius 2 is 1.80 bits per heavy atom. The van der Waals surface area contributed by atoms with Gasteiger partial charge in [-0.25, -0.2) is 5.43 Å². The first-order valence-corrected chi connectivity index (χ1v) is 8.90. The highest BCUT2D eigenvalue weighted by Crippen LogP contribution is 2.17. The van der Waals surface area contributed by atoms with Crippen LogP contribution in [0.25, 0.3) is 0 Å². The minimum absolute atomic E-state index is 0.108. The zero-order chi connectivity index (χ0) is 17.9. The molecule has 132 valence electrons. The van der Waals surface area contributed by atoms with Gasteiger partial charge >= 0.3 is 0 Å². The minimum atomic E-state index is -0.327. The maximum Gasteiger partial charge on any atom is 0.277 e. The third-order valence-corrected chi connectivity index (χ3v) is 3.98. The zero-order valence-electron chi connectivity index (χ0n) is 14.1. The molecule has 2 aromatic carbocycles. The third-order valence-electron chi connectivity index (χ3n) is 3.26. The Hall–Kier alpha value is -2.34. The summed E-state index contributed by atoms with van der Waals surface area (Å²) >= 11 is 3.41. The molecule has 5 nitrogen and oxygen atoms in total. The molecule has 0 spiro atoms. The van der Waals surface area contributed by atoms with Crippen molar-refractivity contribution < 1.29 is 14.3 Å². The third kappa shape index (κ3) is 6.97. The summed E-state index contributed by atoms with van der Waals surface area (Å²) in [6, 6.07) is 14.8. The van der Waals surface area contributed by atoms with E-state index in [4.69, 9.17) is 9.47 Å². The number of benzene rings is 2. The molecule has 25 heavy (non-hydrogen) atoms. The number of rotatable bonds is 9. The van der Waals surface area contributed by atoms with Gasteiger partial charge in [-0.2, -0.15) is 5.10 Å². The summed E-state index contributed by atoms with van der Waals surface area (Å²) in [5.41, 5.74) is 3.31. The molecule has 0 atom stereocenters. The molecule has 0 aliphatic heterocycles. The van der Waals surface area contributed by atoms with Gasteiger partial charge in [0, 0.05) is 10.0 Å². The van der Waals surface area contributed by atoms with Crippen molar-refractivity contribution in [3.05, 3.63) is 58.6 Å². The molecule has 0 aliphatic rings. The Bertz CT molecular complexity index is 702. The van der Waals surface area contributed by atoms with Crippen molar-refractivity contribution in [2.24, 2.45) is 5.10 Å². The van der Waals surface area contributed by atoms with Crippen molar-refractivity contribution in [1.29, 1.82) is 0 Å². The highest BCUT2D eigenvalue weighted by molar-refractivity contribution is 9.10. The van der Waals surface area contributed by atoms with E-state index in [9.17, 15) is 4.79 Å².